The smallest absolute Gasteiger partial charge is 0.338 e. The molecule has 73 heavy (non-hydrogen) atoms. The molecule has 0 aromatic heterocycles. The molecule has 0 radical (unpaired) electrons. The number of aromatic hydroxyl groups is 16. The normalized spacial score (nSPS) is 19.3. The van der Waals surface area contributed by atoms with Gasteiger partial charge in [0, 0.05) is 46.2 Å². The Kier molecular flexibility index (Phi) is 12.7. The number of fused-ring (bicyclic) bond motifs is 2. The molecule has 26 heteroatoms. The van der Waals surface area contributed by atoms with Gasteiger partial charge in [0.2, 0.25) is 0 Å². The summed E-state index contributed by atoms with van der Waals surface area (Å²) in [7, 11) is 0. The number of carbonyl (C=O) groups is 3. The van der Waals surface area contributed by atoms with E-state index in [1.807, 2.05) is 0 Å². The lowest BCUT2D eigenvalue weighted by Crippen LogP contribution is -2.41. The summed E-state index contributed by atoms with van der Waals surface area (Å²) in [6.07, 6.45) is -7.98. The Morgan fingerprint density at radius 1 is 0.493 bits per heavy atom. The molecule has 7 atom stereocenters. The molecular formula is C47H39NO24S. The molecule has 0 aliphatic carbocycles. The fourth-order valence-electron chi connectivity index (χ4n) is 8.37. The van der Waals surface area contributed by atoms with Crippen LogP contribution in [0.2, 0.25) is 0 Å². The molecule has 0 fully saturated rings. The molecule has 2 aliphatic rings. The van der Waals surface area contributed by atoms with Crippen LogP contribution >= 0.6 is 11.8 Å². The second-order valence-electron chi connectivity index (χ2n) is 16.5. The highest BCUT2D eigenvalue weighted by Gasteiger charge is 2.52. The molecule has 6 aromatic carbocycles. The van der Waals surface area contributed by atoms with Crippen molar-refractivity contribution >= 4 is 29.7 Å². The maximum Gasteiger partial charge on any atom is 0.338 e. The van der Waals surface area contributed by atoms with Crippen molar-refractivity contribution < 1.29 is 120 Å². The molecule has 0 spiro atoms. The van der Waals surface area contributed by atoms with E-state index in [2.05, 4.69) is 0 Å². The van der Waals surface area contributed by atoms with E-state index in [1.54, 1.807) is 0 Å². The van der Waals surface area contributed by atoms with Crippen LogP contribution in [-0.4, -0.2) is 129 Å². The topological polar surface area (TPSA) is 458 Å². The van der Waals surface area contributed by atoms with Crippen molar-refractivity contribution in [3.05, 3.63) is 106 Å². The number of aliphatic carboxylic acids is 1. The lowest BCUT2D eigenvalue weighted by molar-refractivity contribution is -0.137. The number of nitrogens with two attached hydrogens (primary N) is 1. The number of phenols is 16. The monoisotopic (exact) mass is 1030 g/mol. The molecular weight excluding hydrogens is 995 g/mol. The largest absolute Gasteiger partial charge is 0.508 e. The van der Waals surface area contributed by atoms with Crippen molar-refractivity contribution in [3.8, 4) is 103 Å². The van der Waals surface area contributed by atoms with Gasteiger partial charge in [-0.15, -0.1) is 11.8 Å². The third-order valence-corrected chi connectivity index (χ3v) is 13.2. The lowest BCUT2D eigenvalue weighted by Gasteiger charge is -2.43. The van der Waals surface area contributed by atoms with E-state index in [9.17, 15) is 101 Å². The van der Waals surface area contributed by atoms with Gasteiger partial charge in [-0.1, -0.05) is 0 Å². The number of hydrogen-bond acceptors (Lipinski definition) is 25. The van der Waals surface area contributed by atoms with Gasteiger partial charge in [-0.05, 0) is 48.5 Å². The van der Waals surface area contributed by atoms with E-state index in [1.165, 1.54) is 0 Å². The molecule has 0 bridgehead atoms. The summed E-state index contributed by atoms with van der Waals surface area (Å²) in [6.45, 7) is 0. The van der Waals surface area contributed by atoms with Crippen molar-refractivity contribution in [1.29, 1.82) is 0 Å². The minimum Gasteiger partial charge on any atom is -0.508 e. The Labute approximate surface area is 411 Å². The molecule has 2 heterocycles. The summed E-state index contributed by atoms with van der Waals surface area (Å²) in [5, 5.41) is 180. The van der Waals surface area contributed by atoms with Gasteiger partial charge < -0.3 is 111 Å². The first-order valence-electron chi connectivity index (χ1n) is 20.9. The summed E-state index contributed by atoms with van der Waals surface area (Å²) >= 11 is 0.564. The first-order chi connectivity index (χ1) is 34.4. The van der Waals surface area contributed by atoms with E-state index in [0.29, 0.717) is 42.1 Å². The Balaban J connectivity index is 1.44. The average molecular weight is 1030 g/mol. The molecule has 8 rings (SSSR count). The van der Waals surface area contributed by atoms with Crippen LogP contribution in [0.1, 0.15) is 71.9 Å². The zero-order valence-corrected chi connectivity index (χ0v) is 37.4. The van der Waals surface area contributed by atoms with E-state index in [-0.39, 0.29) is 5.56 Å². The van der Waals surface area contributed by atoms with Gasteiger partial charge in [-0.25, -0.2) is 9.59 Å². The van der Waals surface area contributed by atoms with E-state index in [4.69, 9.17) is 24.7 Å². The quantitative estimate of drug-likeness (QED) is 0.0643. The average Bonchev–Trinajstić information content (AvgIpc) is 3.32. The third-order valence-electron chi connectivity index (χ3n) is 11.8. The molecule has 0 saturated carbocycles. The van der Waals surface area contributed by atoms with Gasteiger partial charge in [0.25, 0.3) is 0 Å². The van der Waals surface area contributed by atoms with Crippen molar-refractivity contribution in [3.63, 3.8) is 0 Å². The van der Waals surface area contributed by atoms with E-state index in [0.717, 1.165) is 36.4 Å². The van der Waals surface area contributed by atoms with Gasteiger partial charge in [-0.2, -0.15) is 0 Å². The summed E-state index contributed by atoms with van der Waals surface area (Å²) in [4.78, 5) is 40.5. The number of carboxylic acids is 1. The van der Waals surface area contributed by atoms with Gasteiger partial charge >= 0.3 is 17.9 Å². The third kappa shape index (κ3) is 8.97. The van der Waals surface area contributed by atoms with Crippen LogP contribution in [0.25, 0.3) is 0 Å². The van der Waals surface area contributed by atoms with Crippen LogP contribution in [0.4, 0.5) is 0 Å². The van der Waals surface area contributed by atoms with E-state index >= 15 is 0 Å². The Morgan fingerprint density at radius 3 is 1.34 bits per heavy atom. The van der Waals surface area contributed by atoms with Gasteiger partial charge in [0.1, 0.15) is 40.5 Å². The molecule has 25 nitrogen and oxygen atoms in total. The Morgan fingerprint density at radius 2 is 0.890 bits per heavy atom. The van der Waals surface area contributed by atoms with Crippen molar-refractivity contribution in [2.45, 2.75) is 41.6 Å². The van der Waals surface area contributed by atoms with Crippen molar-refractivity contribution in [2.75, 3.05) is 5.75 Å². The Hall–Kier alpha value is -9.56. The standard InChI is InChI=1S/C47H39NO24S/c48-18(45(65)66)12-73-44-33-21(52)11-20(51)32(41(33)70-40(14-3-24(55)36(62)25(56)4-14)43(44)72-47(68)16-7-28(59)38(64)29(60)8-16)34-31-19(50)9-17(49)10-30(31)69-39(13-1-22(53)35(61)23(54)2-13)42(34)71-46(67)15-5-26(57)37(63)27(58)6-15/h1-11,18,34,39-40,42-44,49-64H,12,48H2,(H,65,66)/t18-,34+,39+,40?,42?,43?,44-/m0/s1. The van der Waals surface area contributed by atoms with Crippen LogP contribution in [-0.2, 0) is 14.3 Å². The zero-order valence-electron chi connectivity index (χ0n) is 36.5. The number of carbonyl (C=O) groups excluding carboxylic acids is 2. The predicted molar refractivity (Wildman–Crippen MR) is 243 cm³/mol. The molecule has 2 aliphatic heterocycles. The Bertz CT molecular complexity index is 3180. The SMILES string of the molecule is N[C@@H](CS[C@H]1c2c(O)cc(O)c([C@H]3c4c(O)cc(O)cc4O[C@H](c4cc(O)c(O)c(O)c4)C3OC(=O)c3cc(O)c(O)c(O)c3)c2OC(c2cc(O)c(O)c(O)c2)C1OC(=O)c1cc(O)c(O)c(O)c1)C(=O)O. The summed E-state index contributed by atoms with van der Waals surface area (Å²) in [6, 6.07) is 6.63. The molecule has 0 amide bonds. The first kappa shape index (κ1) is 49.8. The van der Waals surface area contributed by atoms with Gasteiger partial charge in [0.05, 0.1) is 27.9 Å². The summed E-state index contributed by atoms with van der Waals surface area (Å²) < 4.78 is 24.7. The lowest BCUT2D eigenvalue weighted by atomic mass is 9.77. The number of hydrogen-bond donors (Lipinski definition) is 18. The number of phenolic OH excluding ortho intramolecular Hbond substituents is 16. The highest BCUT2D eigenvalue weighted by molar-refractivity contribution is 7.99. The number of ether oxygens (including phenoxy) is 4. The van der Waals surface area contributed by atoms with Crippen LogP contribution in [0.5, 0.6) is 103 Å². The summed E-state index contributed by atoms with van der Waals surface area (Å²) in [5.41, 5.74) is 2.27. The fourth-order valence-corrected chi connectivity index (χ4v) is 9.71. The number of rotatable bonds is 11. The highest BCUT2D eigenvalue weighted by atomic mass is 32.2. The first-order valence-corrected chi connectivity index (χ1v) is 21.9. The fraction of sp³-hybridized carbons (Fsp3) is 0.170. The van der Waals surface area contributed by atoms with Gasteiger partial charge in [-0.3, -0.25) is 4.79 Å². The highest BCUT2D eigenvalue weighted by Crippen LogP contribution is 2.62. The molecule has 0 saturated heterocycles. The minimum atomic E-state index is -2.13. The summed E-state index contributed by atoms with van der Waals surface area (Å²) in [5.74, 6) is -23.9. The number of esters is 2. The van der Waals surface area contributed by atoms with Crippen molar-refractivity contribution in [2.24, 2.45) is 5.73 Å². The second-order valence-corrected chi connectivity index (χ2v) is 17.7. The number of thioether (sulfide) groups is 1. The molecule has 6 aromatic rings. The van der Waals surface area contributed by atoms with Crippen molar-refractivity contribution in [1.82, 2.24) is 0 Å². The predicted octanol–water partition coefficient (Wildman–Crippen LogP) is 4.01. The number of carboxylic acid groups (broad SMARTS) is 1. The maximum absolute atomic E-state index is 14.3. The van der Waals surface area contributed by atoms with Crippen LogP contribution < -0.4 is 15.2 Å². The zero-order chi connectivity index (χ0) is 53.2. The van der Waals surface area contributed by atoms with Crippen LogP contribution in [0.15, 0.2) is 66.7 Å². The van der Waals surface area contributed by atoms with Crippen LogP contribution in [0, 0.1) is 0 Å². The molecule has 382 valence electrons. The molecule has 3 unspecified atom stereocenters. The van der Waals surface area contributed by atoms with E-state index < -0.39 is 202 Å². The number of benzene rings is 6. The molecule has 19 N–H and O–H groups in total. The second kappa shape index (κ2) is 18.6. The van der Waals surface area contributed by atoms with Crippen LogP contribution in [0.3, 0.4) is 0 Å². The van der Waals surface area contributed by atoms with Gasteiger partial charge in [0.15, 0.2) is 93.4 Å². The minimum absolute atomic E-state index is 0.351. The maximum atomic E-state index is 14.3.